The number of allylic oxidation sites excluding steroid dienone is 1. The van der Waals surface area contributed by atoms with Crippen molar-refractivity contribution in [3.63, 3.8) is 0 Å². The SMILES string of the molecule is C=C(C)[C@@H]1CC[C@]2(C(=O)OCCO)CC[C@]3(C)[C@H](CC[C@@H]4[C@@]5(C)Cc6nccnc6[C@@](C)(CO)[C@@H]5CC[C@]43C)[C@@H]12. The Morgan fingerprint density at radius 3 is 2.42 bits per heavy atom. The number of fused-ring (bicyclic) bond motifs is 8. The molecule has 0 radical (unpaired) electrons. The molecule has 0 unspecified atom stereocenters. The molecule has 2 N–H and O–H groups in total. The Balaban J connectivity index is 1.41. The zero-order chi connectivity index (χ0) is 28.7. The Bertz CT molecular complexity index is 1200. The quantitative estimate of drug-likeness (QED) is 0.363. The van der Waals surface area contributed by atoms with Crippen LogP contribution in [0.1, 0.15) is 97.4 Å². The van der Waals surface area contributed by atoms with E-state index in [9.17, 15) is 15.0 Å². The van der Waals surface area contributed by atoms with Gasteiger partial charge in [-0.05, 0) is 111 Å². The van der Waals surface area contributed by atoms with Crippen LogP contribution in [-0.4, -0.2) is 46.0 Å². The standard InChI is InChI=1S/C34H50N2O4/c1-21(2)22-9-12-34(29(39)40-18-17-37)14-13-32(5)23(27(22)34)7-8-26-30(3)19-24-28(36-16-15-35-24)31(4,20-38)25(30)10-11-33(26,32)6/h15-16,22-23,25-27,37-38H,1,7-14,17-20H2,2-6H3/t22-,23+,25+,26+,27+,30-,31-,32+,33+,34-/m0/s1. The van der Waals surface area contributed by atoms with Gasteiger partial charge in [-0.1, -0.05) is 39.8 Å². The molecular formula is C34H50N2O4. The van der Waals surface area contributed by atoms with Crippen LogP contribution in [0.2, 0.25) is 0 Å². The number of esters is 1. The zero-order valence-corrected chi connectivity index (χ0v) is 25.3. The van der Waals surface area contributed by atoms with E-state index in [2.05, 4.69) is 41.2 Å². The van der Waals surface area contributed by atoms with Crippen LogP contribution >= 0.6 is 0 Å². The molecule has 0 bridgehead atoms. The summed E-state index contributed by atoms with van der Waals surface area (Å²) >= 11 is 0. The van der Waals surface area contributed by atoms with E-state index < -0.39 is 5.41 Å². The first-order chi connectivity index (χ1) is 18.9. The first-order valence-electron chi connectivity index (χ1n) is 15.8. The largest absolute Gasteiger partial charge is 0.463 e. The topological polar surface area (TPSA) is 92.5 Å². The highest BCUT2D eigenvalue weighted by atomic mass is 16.5. The van der Waals surface area contributed by atoms with E-state index in [0.29, 0.717) is 23.7 Å². The maximum Gasteiger partial charge on any atom is 0.312 e. The number of carbonyl (C=O) groups excluding carboxylic acids is 1. The van der Waals surface area contributed by atoms with Crippen LogP contribution in [0.3, 0.4) is 0 Å². The first-order valence-corrected chi connectivity index (χ1v) is 15.8. The van der Waals surface area contributed by atoms with Crippen molar-refractivity contribution in [3.05, 3.63) is 35.9 Å². The number of hydrogen-bond donors (Lipinski definition) is 2. The summed E-state index contributed by atoms with van der Waals surface area (Å²) in [4.78, 5) is 23.3. The Hall–Kier alpha value is -1.79. The van der Waals surface area contributed by atoms with Gasteiger partial charge in [-0.3, -0.25) is 14.8 Å². The monoisotopic (exact) mass is 550 g/mol. The molecule has 6 rings (SSSR count). The molecule has 1 heterocycles. The van der Waals surface area contributed by atoms with Gasteiger partial charge in [0.15, 0.2) is 0 Å². The van der Waals surface area contributed by atoms with E-state index in [1.807, 2.05) is 6.20 Å². The average Bonchev–Trinajstić information content (AvgIpc) is 3.33. The number of aromatic nitrogens is 2. The van der Waals surface area contributed by atoms with Gasteiger partial charge in [0.2, 0.25) is 0 Å². The molecule has 0 saturated heterocycles. The van der Waals surface area contributed by atoms with Crippen LogP contribution in [0.5, 0.6) is 0 Å². The van der Waals surface area contributed by atoms with Gasteiger partial charge in [0.1, 0.15) is 6.61 Å². The molecular weight excluding hydrogens is 500 g/mol. The van der Waals surface area contributed by atoms with Crippen molar-refractivity contribution in [1.29, 1.82) is 0 Å². The van der Waals surface area contributed by atoms with Crippen molar-refractivity contribution < 1.29 is 19.7 Å². The van der Waals surface area contributed by atoms with Crippen LogP contribution in [-0.2, 0) is 21.4 Å². The summed E-state index contributed by atoms with van der Waals surface area (Å²) in [6.07, 6.45) is 12.8. The average molecular weight is 551 g/mol. The summed E-state index contributed by atoms with van der Waals surface area (Å²) < 4.78 is 5.71. The summed E-state index contributed by atoms with van der Waals surface area (Å²) in [6.45, 7) is 16.5. The predicted octanol–water partition coefficient (Wildman–Crippen LogP) is 5.66. The van der Waals surface area contributed by atoms with Gasteiger partial charge >= 0.3 is 5.97 Å². The number of hydrogen-bond acceptors (Lipinski definition) is 6. The molecule has 5 aliphatic rings. The zero-order valence-electron chi connectivity index (χ0n) is 25.3. The molecule has 4 fully saturated rings. The minimum Gasteiger partial charge on any atom is -0.463 e. The second kappa shape index (κ2) is 9.36. The highest BCUT2D eigenvalue weighted by Gasteiger charge is 2.72. The minimum absolute atomic E-state index is 0.0273. The third kappa shape index (κ3) is 3.44. The summed E-state index contributed by atoms with van der Waals surface area (Å²) in [5.41, 5.74) is 2.69. The van der Waals surface area contributed by atoms with Crippen molar-refractivity contribution in [2.75, 3.05) is 19.8 Å². The van der Waals surface area contributed by atoms with Crippen LogP contribution < -0.4 is 0 Å². The van der Waals surface area contributed by atoms with Crippen LogP contribution in [0.15, 0.2) is 24.5 Å². The van der Waals surface area contributed by atoms with Gasteiger partial charge in [-0.2, -0.15) is 0 Å². The number of carbonyl (C=O) groups is 1. The number of aliphatic hydroxyl groups is 2. The molecule has 40 heavy (non-hydrogen) atoms. The Morgan fingerprint density at radius 1 is 0.975 bits per heavy atom. The lowest BCUT2D eigenvalue weighted by Crippen LogP contribution is -2.67. The third-order valence-corrected chi connectivity index (χ3v) is 14.0. The lowest BCUT2D eigenvalue weighted by atomic mass is 9.32. The minimum atomic E-state index is -0.456. The fourth-order valence-corrected chi connectivity index (χ4v) is 12.1. The Kier molecular flexibility index (Phi) is 6.63. The summed E-state index contributed by atoms with van der Waals surface area (Å²) in [7, 11) is 0. The molecule has 0 spiro atoms. The third-order valence-electron chi connectivity index (χ3n) is 14.0. The van der Waals surface area contributed by atoms with Crippen LogP contribution in [0, 0.1) is 51.2 Å². The van der Waals surface area contributed by atoms with E-state index in [1.165, 1.54) is 5.57 Å². The smallest absolute Gasteiger partial charge is 0.312 e. The van der Waals surface area contributed by atoms with Gasteiger partial charge in [0.05, 0.1) is 30.0 Å². The van der Waals surface area contributed by atoms with E-state index in [4.69, 9.17) is 14.7 Å². The van der Waals surface area contributed by atoms with Gasteiger partial charge in [-0.15, -0.1) is 0 Å². The van der Waals surface area contributed by atoms with Gasteiger partial charge in [0.25, 0.3) is 0 Å². The molecule has 6 heteroatoms. The fraction of sp³-hybridized carbons (Fsp3) is 0.794. The molecule has 0 aromatic carbocycles. The second-order valence-corrected chi connectivity index (χ2v) is 15.3. The molecule has 1 aromatic heterocycles. The van der Waals surface area contributed by atoms with Gasteiger partial charge in [0, 0.05) is 17.8 Å². The van der Waals surface area contributed by atoms with E-state index in [0.717, 1.165) is 69.2 Å². The number of rotatable bonds is 5. The molecule has 10 atom stereocenters. The normalized spacial score (nSPS) is 47.2. The number of ether oxygens (including phenoxy) is 1. The highest BCUT2D eigenvalue weighted by Crippen LogP contribution is 2.77. The molecule has 220 valence electrons. The number of aliphatic hydroxyl groups excluding tert-OH is 2. The van der Waals surface area contributed by atoms with Crippen molar-refractivity contribution in [3.8, 4) is 0 Å². The Morgan fingerprint density at radius 2 is 1.73 bits per heavy atom. The van der Waals surface area contributed by atoms with Crippen LogP contribution in [0.4, 0.5) is 0 Å². The van der Waals surface area contributed by atoms with E-state index in [-0.39, 0.29) is 53.4 Å². The predicted molar refractivity (Wildman–Crippen MR) is 154 cm³/mol. The van der Waals surface area contributed by atoms with Crippen molar-refractivity contribution in [1.82, 2.24) is 9.97 Å². The molecule has 0 amide bonds. The van der Waals surface area contributed by atoms with E-state index in [1.54, 1.807) is 6.20 Å². The van der Waals surface area contributed by atoms with Crippen molar-refractivity contribution in [2.24, 2.45) is 51.2 Å². The molecule has 5 aliphatic carbocycles. The molecule has 0 aliphatic heterocycles. The highest BCUT2D eigenvalue weighted by molar-refractivity contribution is 5.78. The maximum atomic E-state index is 13.7. The van der Waals surface area contributed by atoms with Crippen LogP contribution in [0.25, 0.3) is 0 Å². The van der Waals surface area contributed by atoms with Crippen molar-refractivity contribution in [2.45, 2.75) is 97.8 Å². The van der Waals surface area contributed by atoms with E-state index >= 15 is 0 Å². The Labute approximate surface area is 240 Å². The first kappa shape index (κ1) is 28.3. The molecule has 6 nitrogen and oxygen atoms in total. The van der Waals surface area contributed by atoms with Gasteiger partial charge in [-0.25, -0.2) is 0 Å². The fourth-order valence-electron chi connectivity index (χ4n) is 12.1. The van der Waals surface area contributed by atoms with Crippen molar-refractivity contribution >= 4 is 5.97 Å². The maximum absolute atomic E-state index is 13.7. The summed E-state index contributed by atoms with van der Waals surface area (Å²) in [5.74, 6) is 1.82. The molecule has 4 saturated carbocycles. The lowest BCUT2D eigenvalue weighted by molar-refractivity contribution is -0.231. The van der Waals surface area contributed by atoms with Gasteiger partial charge < -0.3 is 14.9 Å². The summed E-state index contributed by atoms with van der Waals surface area (Å²) in [5, 5.41) is 20.2. The second-order valence-electron chi connectivity index (χ2n) is 15.3. The summed E-state index contributed by atoms with van der Waals surface area (Å²) in [6, 6.07) is 0. The lowest BCUT2D eigenvalue weighted by Gasteiger charge is -2.72. The number of nitrogens with zero attached hydrogens (tertiary/aromatic N) is 2. The molecule has 1 aromatic rings.